The number of ketones is 1. The highest BCUT2D eigenvalue weighted by Gasteiger charge is 2.19. The summed E-state index contributed by atoms with van der Waals surface area (Å²) >= 11 is 5.52. The highest BCUT2D eigenvalue weighted by Crippen LogP contribution is 2.30. The van der Waals surface area contributed by atoms with E-state index in [4.69, 9.17) is 22.1 Å². The number of hydrogen-bond acceptors (Lipinski definition) is 5. The standard InChI is InChI=1S/C16H21ClN2O3/c1-2-3-4-5-15(21)12-6-7-14(19)13(9-18)16(12)22-10-11(20)8-17/h6-7,11,20H,2-5,8,10,19H2,1H3. The average Bonchev–Trinajstić information content (AvgIpc) is 2.52. The third-order valence-electron chi connectivity index (χ3n) is 3.21. The summed E-state index contributed by atoms with van der Waals surface area (Å²) in [5.41, 5.74) is 6.43. The molecule has 1 atom stereocenters. The number of rotatable bonds is 9. The first-order chi connectivity index (χ1) is 10.5. The quantitative estimate of drug-likeness (QED) is 0.315. The normalized spacial score (nSPS) is 11.7. The van der Waals surface area contributed by atoms with E-state index < -0.39 is 6.10 Å². The summed E-state index contributed by atoms with van der Waals surface area (Å²) in [7, 11) is 0. The maximum absolute atomic E-state index is 12.3. The van der Waals surface area contributed by atoms with E-state index in [-0.39, 0.29) is 35.3 Å². The van der Waals surface area contributed by atoms with Crippen LogP contribution in [0.2, 0.25) is 0 Å². The smallest absolute Gasteiger partial charge is 0.166 e. The Morgan fingerprint density at radius 2 is 2.23 bits per heavy atom. The van der Waals surface area contributed by atoms with Crippen molar-refractivity contribution in [3.63, 3.8) is 0 Å². The van der Waals surface area contributed by atoms with E-state index >= 15 is 0 Å². The molecule has 0 fully saturated rings. The van der Waals surface area contributed by atoms with Gasteiger partial charge in [0, 0.05) is 6.42 Å². The minimum Gasteiger partial charge on any atom is -0.489 e. The van der Waals surface area contributed by atoms with Crippen molar-refractivity contribution in [3.8, 4) is 11.8 Å². The number of carbonyl (C=O) groups is 1. The summed E-state index contributed by atoms with van der Waals surface area (Å²) in [6, 6.07) is 5.04. The Kier molecular flexibility index (Phi) is 7.72. The lowest BCUT2D eigenvalue weighted by Gasteiger charge is -2.15. The molecule has 0 aliphatic carbocycles. The number of carbonyl (C=O) groups excluding carboxylic acids is 1. The molecule has 0 amide bonds. The number of anilines is 1. The van der Waals surface area contributed by atoms with Crippen LogP contribution in [0.5, 0.6) is 5.75 Å². The molecule has 3 N–H and O–H groups in total. The van der Waals surface area contributed by atoms with Crippen LogP contribution in [0.15, 0.2) is 12.1 Å². The predicted octanol–water partition coefficient (Wildman–Crippen LogP) is 2.88. The molecule has 5 nitrogen and oxygen atoms in total. The fourth-order valence-corrected chi connectivity index (χ4v) is 2.07. The van der Waals surface area contributed by atoms with E-state index in [1.54, 1.807) is 6.07 Å². The van der Waals surface area contributed by atoms with E-state index in [2.05, 4.69) is 6.92 Å². The molecule has 0 aromatic heterocycles. The molecule has 1 aromatic rings. The number of unbranched alkanes of at least 4 members (excludes halogenated alkanes) is 2. The van der Waals surface area contributed by atoms with Crippen molar-refractivity contribution < 1.29 is 14.6 Å². The van der Waals surface area contributed by atoms with Crippen LogP contribution in [-0.4, -0.2) is 29.5 Å². The Morgan fingerprint density at radius 3 is 2.82 bits per heavy atom. The second-order valence-corrected chi connectivity index (χ2v) is 5.33. The van der Waals surface area contributed by atoms with Crippen LogP contribution in [0, 0.1) is 11.3 Å². The number of aliphatic hydroxyl groups is 1. The summed E-state index contributed by atoms with van der Waals surface area (Å²) < 4.78 is 5.46. The van der Waals surface area contributed by atoms with Crippen LogP contribution in [0.4, 0.5) is 5.69 Å². The van der Waals surface area contributed by atoms with Gasteiger partial charge in [0.1, 0.15) is 30.1 Å². The van der Waals surface area contributed by atoms with E-state index in [0.717, 1.165) is 19.3 Å². The molecule has 0 bridgehead atoms. The van der Waals surface area contributed by atoms with Crippen molar-refractivity contribution in [3.05, 3.63) is 23.3 Å². The number of nitrogens with zero attached hydrogens (tertiary/aromatic N) is 1. The summed E-state index contributed by atoms with van der Waals surface area (Å²) in [6.07, 6.45) is 2.27. The average molecular weight is 325 g/mol. The van der Waals surface area contributed by atoms with E-state index in [1.165, 1.54) is 6.07 Å². The van der Waals surface area contributed by atoms with Gasteiger partial charge in [0.05, 0.1) is 17.1 Å². The van der Waals surface area contributed by atoms with Crippen molar-refractivity contribution in [2.75, 3.05) is 18.2 Å². The lowest BCUT2D eigenvalue weighted by molar-refractivity contribution is 0.0964. The van der Waals surface area contributed by atoms with Gasteiger partial charge >= 0.3 is 0 Å². The SMILES string of the molecule is CCCCCC(=O)c1ccc(N)c(C#N)c1OCC(O)CCl. The molecule has 22 heavy (non-hydrogen) atoms. The van der Waals surface area contributed by atoms with Crippen LogP contribution in [-0.2, 0) is 0 Å². The first-order valence-corrected chi connectivity index (χ1v) is 7.81. The van der Waals surface area contributed by atoms with Gasteiger partial charge in [-0.05, 0) is 18.6 Å². The number of nitrogens with two attached hydrogens (primary N) is 1. The highest BCUT2D eigenvalue weighted by molar-refractivity contribution is 6.18. The number of aliphatic hydroxyl groups excluding tert-OH is 1. The van der Waals surface area contributed by atoms with Crippen molar-refractivity contribution in [1.29, 1.82) is 5.26 Å². The topological polar surface area (TPSA) is 96.3 Å². The summed E-state index contributed by atoms with van der Waals surface area (Å²) in [5, 5.41) is 18.7. The zero-order chi connectivity index (χ0) is 16.5. The minimum absolute atomic E-state index is 0.00395. The van der Waals surface area contributed by atoms with Gasteiger partial charge in [-0.3, -0.25) is 4.79 Å². The van der Waals surface area contributed by atoms with Gasteiger partial charge in [0.25, 0.3) is 0 Å². The van der Waals surface area contributed by atoms with Gasteiger partial charge in [-0.25, -0.2) is 0 Å². The molecule has 0 spiro atoms. The zero-order valence-corrected chi connectivity index (χ0v) is 13.4. The number of halogens is 1. The molecule has 0 heterocycles. The number of alkyl halides is 1. The fraction of sp³-hybridized carbons (Fsp3) is 0.500. The molecule has 0 radical (unpaired) electrons. The molecule has 0 aliphatic heterocycles. The van der Waals surface area contributed by atoms with Gasteiger partial charge in [-0.1, -0.05) is 19.8 Å². The van der Waals surface area contributed by atoms with Crippen LogP contribution >= 0.6 is 11.6 Å². The van der Waals surface area contributed by atoms with Crippen LogP contribution in [0.1, 0.15) is 48.5 Å². The number of hydrogen-bond donors (Lipinski definition) is 2. The van der Waals surface area contributed by atoms with E-state index in [1.807, 2.05) is 6.07 Å². The number of Topliss-reactive ketones (excluding diaryl/α,β-unsaturated/α-hetero) is 1. The van der Waals surface area contributed by atoms with Crippen molar-refractivity contribution >= 4 is 23.1 Å². The fourth-order valence-electron chi connectivity index (χ4n) is 1.98. The molecule has 0 saturated carbocycles. The van der Waals surface area contributed by atoms with Crippen LogP contribution in [0.3, 0.4) is 0 Å². The minimum atomic E-state index is -0.877. The summed E-state index contributed by atoms with van der Waals surface area (Å²) in [5.74, 6) is 0.0396. The first-order valence-electron chi connectivity index (χ1n) is 7.27. The first kappa shape index (κ1) is 18.3. The molecule has 1 unspecified atom stereocenters. The molecule has 0 saturated heterocycles. The number of nitrogen functional groups attached to an aromatic ring is 1. The third kappa shape index (κ3) is 4.90. The maximum Gasteiger partial charge on any atom is 0.166 e. The van der Waals surface area contributed by atoms with Crippen molar-refractivity contribution in [2.24, 2.45) is 0 Å². The zero-order valence-electron chi connectivity index (χ0n) is 12.6. The Hall–Kier alpha value is -1.77. The number of ether oxygens (including phenoxy) is 1. The lowest BCUT2D eigenvalue weighted by atomic mass is 10.00. The summed E-state index contributed by atoms with van der Waals surface area (Å²) in [6.45, 7) is 1.96. The Morgan fingerprint density at radius 1 is 1.50 bits per heavy atom. The molecule has 6 heteroatoms. The second-order valence-electron chi connectivity index (χ2n) is 5.02. The Labute approximate surface area is 135 Å². The molecule has 120 valence electrons. The van der Waals surface area contributed by atoms with E-state index in [9.17, 15) is 15.2 Å². The van der Waals surface area contributed by atoms with Gasteiger partial charge in [0.15, 0.2) is 5.78 Å². The van der Waals surface area contributed by atoms with Crippen LogP contribution < -0.4 is 10.5 Å². The van der Waals surface area contributed by atoms with Crippen LogP contribution in [0.25, 0.3) is 0 Å². The van der Waals surface area contributed by atoms with Gasteiger partial charge in [0.2, 0.25) is 0 Å². The molecular weight excluding hydrogens is 304 g/mol. The molecule has 1 aromatic carbocycles. The molecule has 0 aliphatic rings. The third-order valence-corrected chi connectivity index (χ3v) is 3.56. The number of nitriles is 1. The van der Waals surface area contributed by atoms with Crippen molar-refractivity contribution in [2.45, 2.75) is 38.7 Å². The lowest BCUT2D eigenvalue weighted by Crippen LogP contribution is -2.20. The molecule has 1 rings (SSSR count). The van der Waals surface area contributed by atoms with Gasteiger partial charge in [-0.15, -0.1) is 11.6 Å². The number of benzene rings is 1. The molecular formula is C16H21ClN2O3. The van der Waals surface area contributed by atoms with E-state index in [0.29, 0.717) is 12.0 Å². The monoisotopic (exact) mass is 324 g/mol. The highest BCUT2D eigenvalue weighted by atomic mass is 35.5. The maximum atomic E-state index is 12.3. The Bertz CT molecular complexity index is 555. The summed E-state index contributed by atoms with van der Waals surface area (Å²) in [4.78, 5) is 12.3. The van der Waals surface area contributed by atoms with Crippen molar-refractivity contribution in [1.82, 2.24) is 0 Å². The second kappa shape index (κ2) is 9.29. The largest absolute Gasteiger partial charge is 0.489 e. The Balaban J connectivity index is 3.04. The van der Waals surface area contributed by atoms with Gasteiger partial charge < -0.3 is 15.6 Å². The predicted molar refractivity (Wildman–Crippen MR) is 86.3 cm³/mol. The van der Waals surface area contributed by atoms with Gasteiger partial charge in [-0.2, -0.15) is 5.26 Å².